The van der Waals surface area contributed by atoms with Gasteiger partial charge in [-0.15, -0.1) is 0 Å². The molecule has 1 saturated carbocycles. The highest BCUT2D eigenvalue weighted by atomic mass is 16.1. The summed E-state index contributed by atoms with van der Waals surface area (Å²) in [6.07, 6.45) is 12.3. The molecule has 0 radical (unpaired) electrons. The molecule has 0 unspecified atom stereocenters. The Morgan fingerprint density at radius 2 is 1.65 bits per heavy atom. The molecule has 1 aliphatic carbocycles. The number of hydrogen-bond donors (Lipinski definition) is 1. The number of hydrogen-bond acceptors (Lipinski definition) is 3. The van der Waals surface area contributed by atoms with Gasteiger partial charge < -0.3 is 10.2 Å². The van der Waals surface area contributed by atoms with Crippen LogP contribution in [0.5, 0.6) is 0 Å². The lowest BCUT2D eigenvalue weighted by molar-refractivity contribution is -0.118. The van der Waals surface area contributed by atoms with Gasteiger partial charge in [0.2, 0.25) is 0 Å². The van der Waals surface area contributed by atoms with Crippen LogP contribution >= 0.6 is 0 Å². The lowest BCUT2D eigenvalue weighted by Gasteiger charge is -2.23. The van der Waals surface area contributed by atoms with Crippen LogP contribution in [0.2, 0.25) is 0 Å². The van der Waals surface area contributed by atoms with Gasteiger partial charge in [-0.3, -0.25) is 4.79 Å². The summed E-state index contributed by atoms with van der Waals surface area (Å²) < 4.78 is 0. The van der Waals surface area contributed by atoms with E-state index in [1.165, 1.54) is 32.1 Å². The Morgan fingerprint density at radius 1 is 1.05 bits per heavy atom. The van der Waals surface area contributed by atoms with E-state index in [-0.39, 0.29) is 17.5 Å². The second-order valence-corrected chi connectivity index (χ2v) is 5.91. The molecule has 4 nitrogen and oxygen atoms in total. The van der Waals surface area contributed by atoms with E-state index in [0.717, 1.165) is 38.8 Å². The van der Waals surface area contributed by atoms with Gasteiger partial charge in [-0.2, -0.15) is 5.26 Å². The molecule has 1 amide bonds. The van der Waals surface area contributed by atoms with Crippen molar-refractivity contribution in [3.8, 4) is 6.07 Å². The Balaban J connectivity index is 1.91. The van der Waals surface area contributed by atoms with E-state index < -0.39 is 0 Å². The minimum Gasteiger partial charge on any atom is -0.376 e. The van der Waals surface area contributed by atoms with Crippen molar-refractivity contribution in [2.45, 2.75) is 63.8 Å². The Morgan fingerprint density at radius 3 is 2.25 bits per heavy atom. The van der Waals surface area contributed by atoms with Crippen LogP contribution in [0.1, 0.15) is 57.8 Å². The summed E-state index contributed by atoms with van der Waals surface area (Å²) in [5.74, 6) is -0.191. The fourth-order valence-corrected chi connectivity index (χ4v) is 3.06. The molecule has 2 rings (SSSR count). The standard InChI is InChI=1S/C16H25N3O/c17-12-14(13-19-10-6-1-2-7-11-19)16(20)18-15-8-4-3-5-9-15/h13,15H,1-11H2,(H,18,20)/b14-13-. The van der Waals surface area contributed by atoms with Crippen molar-refractivity contribution in [2.75, 3.05) is 13.1 Å². The largest absolute Gasteiger partial charge is 0.376 e. The van der Waals surface area contributed by atoms with Crippen molar-refractivity contribution in [1.82, 2.24) is 10.2 Å². The topological polar surface area (TPSA) is 56.1 Å². The number of nitrogens with one attached hydrogen (secondary N) is 1. The molecule has 0 bridgehead atoms. The minimum atomic E-state index is -0.191. The average molecular weight is 275 g/mol. The molecule has 20 heavy (non-hydrogen) atoms. The van der Waals surface area contributed by atoms with Crippen LogP contribution in [0, 0.1) is 11.3 Å². The highest BCUT2D eigenvalue weighted by Crippen LogP contribution is 2.18. The van der Waals surface area contributed by atoms with E-state index in [1.807, 2.05) is 0 Å². The van der Waals surface area contributed by atoms with Gasteiger partial charge >= 0.3 is 0 Å². The molecular weight excluding hydrogens is 250 g/mol. The Labute approximate surface area is 121 Å². The fraction of sp³-hybridized carbons (Fsp3) is 0.750. The van der Waals surface area contributed by atoms with E-state index >= 15 is 0 Å². The summed E-state index contributed by atoms with van der Waals surface area (Å²) in [6, 6.07) is 2.33. The number of likely N-dealkylation sites (tertiary alicyclic amines) is 1. The van der Waals surface area contributed by atoms with Crippen LogP contribution in [0.15, 0.2) is 11.8 Å². The number of carbonyl (C=O) groups is 1. The summed E-state index contributed by atoms with van der Waals surface area (Å²) in [5, 5.41) is 12.2. The molecule has 0 aromatic heterocycles. The number of nitriles is 1. The first-order chi connectivity index (χ1) is 9.79. The van der Waals surface area contributed by atoms with Crippen LogP contribution in [0.25, 0.3) is 0 Å². The molecule has 0 aromatic carbocycles. The molecule has 1 heterocycles. The zero-order valence-corrected chi connectivity index (χ0v) is 12.2. The maximum absolute atomic E-state index is 12.2. The molecule has 0 spiro atoms. The van der Waals surface area contributed by atoms with Crippen molar-refractivity contribution < 1.29 is 4.79 Å². The maximum atomic E-state index is 12.2. The summed E-state index contributed by atoms with van der Waals surface area (Å²) in [7, 11) is 0. The van der Waals surface area contributed by atoms with Crippen LogP contribution in [0.3, 0.4) is 0 Å². The molecule has 1 N–H and O–H groups in total. The van der Waals surface area contributed by atoms with Gasteiger partial charge in [-0.05, 0) is 25.7 Å². The first-order valence-corrected chi connectivity index (χ1v) is 7.96. The molecule has 0 aromatic rings. The molecule has 2 fully saturated rings. The maximum Gasteiger partial charge on any atom is 0.263 e. The fourth-order valence-electron chi connectivity index (χ4n) is 3.06. The molecule has 4 heteroatoms. The van der Waals surface area contributed by atoms with E-state index in [0.29, 0.717) is 0 Å². The summed E-state index contributed by atoms with van der Waals surface area (Å²) in [4.78, 5) is 14.3. The SMILES string of the molecule is N#C/C(=C/N1CCCCCC1)C(=O)NC1CCCCC1. The van der Waals surface area contributed by atoms with Crippen LogP contribution in [-0.4, -0.2) is 29.9 Å². The van der Waals surface area contributed by atoms with Crippen molar-refractivity contribution in [1.29, 1.82) is 5.26 Å². The summed E-state index contributed by atoms with van der Waals surface area (Å²) in [6.45, 7) is 1.92. The Bertz CT molecular complexity index is 383. The third kappa shape index (κ3) is 4.56. The normalized spacial score (nSPS) is 21.9. The van der Waals surface area contributed by atoms with Gasteiger partial charge in [-0.1, -0.05) is 32.1 Å². The van der Waals surface area contributed by atoms with Gasteiger partial charge in [0, 0.05) is 25.3 Å². The number of carbonyl (C=O) groups excluding carboxylic acids is 1. The minimum absolute atomic E-state index is 0.191. The molecule has 1 saturated heterocycles. The van der Waals surface area contributed by atoms with Crippen molar-refractivity contribution >= 4 is 5.91 Å². The smallest absolute Gasteiger partial charge is 0.263 e. The van der Waals surface area contributed by atoms with Gasteiger partial charge in [0.25, 0.3) is 5.91 Å². The summed E-state index contributed by atoms with van der Waals surface area (Å²) in [5.41, 5.74) is 0.262. The number of rotatable bonds is 3. The van der Waals surface area contributed by atoms with Crippen LogP contribution in [0.4, 0.5) is 0 Å². The molecule has 110 valence electrons. The van der Waals surface area contributed by atoms with E-state index in [9.17, 15) is 10.1 Å². The van der Waals surface area contributed by atoms with Crippen molar-refractivity contribution in [3.63, 3.8) is 0 Å². The second kappa shape index (κ2) is 7.94. The predicted octanol–water partition coefficient (Wildman–Crippen LogP) is 2.72. The molecular formula is C16H25N3O. The van der Waals surface area contributed by atoms with Gasteiger partial charge in [0.15, 0.2) is 0 Å². The highest BCUT2D eigenvalue weighted by molar-refractivity contribution is 5.97. The third-order valence-electron chi connectivity index (χ3n) is 4.26. The zero-order valence-electron chi connectivity index (χ0n) is 12.2. The van der Waals surface area contributed by atoms with Gasteiger partial charge in [0.1, 0.15) is 11.6 Å². The Kier molecular flexibility index (Phi) is 5.91. The average Bonchev–Trinajstić information content (AvgIpc) is 2.74. The first kappa shape index (κ1) is 14.9. The number of nitrogens with zero attached hydrogens (tertiary/aromatic N) is 2. The monoisotopic (exact) mass is 275 g/mol. The van der Waals surface area contributed by atoms with Gasteiger partial charge in [-0.25, -0.2) is 0 Å². The Hall–Kier alpha value is -1.50. The van der Waals surface area contributed by atoms with Crippen LogP contribution < -0.4 is 5.32 Å². The molecule has 1 aliphatic heterocycles. The highest BCUT2D eigenvalue weighted by Gasteiger charge is 2.19. The van der Waals surface area contributed by atoms with E-state index in [4.69, 9.17) is 0 Å². The predicted molar refractivity (Wildman–Crippen MR) is 78.8 cm³/mol. The quantitative estimate of drug-likeness (QED) is 0.636. The zero-order chi connectivity index (χ0) is 14.2. The lowest BCUT2D eigenvalue weighted by Crippen LogP contribution is -2.37. The molecule has 2 aliphatic rings. The summed E-state index contributed by atoms with van der Waals surface area (Å²) >= 11 is 0. The van der Waals surface area contributed by atoms with Crippen molar-refractivity contribution in [2.24, 2.45) is 0 Å². The number of amides is 1. The third-order valence-corrected chi connectivity index (χ3v) is 4.26. The van der Waals surface area contributed by atoms with E-state index in [1.54, 1.807) is 6.20 Å². The molecule has 0 atom stereocenters. The van der Waals surface area contributed by atoms with Crippen molar-refractivity contribution in [3.05, 3.63) is 11.8 Å². The second-order valence-electron chi connectivity index (χ2n) is 5.91. The van der Waals surface area contributed by atoms with Crippen LogP contribution in [-0.2, 0) is 4.79 Å². The van der Waals surface area contributed by atoms with Gasteiger partial charge in [0.05, 0.1) is 0 Å². The lowest BCUT2D eigenvalue weighted by atomic mass is 9.95. The first-order valence-electron chi connectivity index (χ1n) is 7.96. The van der Waals surface area contributed by atoms with E-state index in [2.05, 4.69) is 16.3 Å².